The summed E-state index contributed by atoms with van der Waals surface area (Å²) in [5.74, 6) is 2.32. The van der Waals surface area contributed by atoms with Crippen molar-refractivity contribution >= 4 is 17.5 Å². The van der Waals surface area contributed by atoms with Gasteiger partial charge in [-0.15, -0.1) is 0 Å². The van der Waals surface area contributed by atoms with E-state index in [0.717, 1.165) is 74.1 Å². The minimum Gasteiger partial charge on any atom is -0.454 e. The van der Waals surface area contributed by atoms with Crippen LogP contribution in [-0.2, 0) is 11.3 Å². The van der Waals surface area contributed by atoms with E-state index in [-0.39, 0.29) is 12.7 Å². The Morgan fingerprint density at radius 1 is 1.26 bits per heavy atom. The predicted molar refractivity (Wildman–Crippen MR) is 106 cm³/mol. The Kier molecular flexibility index (Phi) is 7.21. The van der Waals surface area contributed by atoms with Gasteiger partial charge in [-0.2, -0.15) is 0 Å². The Morgan fingerprint density at radius 2 is 1.96 bits per heavy atom. The monoisotopic (exact) mass is 395 g/mol. The molecule has 1 aromatic carbocycles. The van der Waals surface area contributed by atoms with Gasteiger partial charge in [0.05, 0.1) is 0 Å². The third kappa shape index (κ3) is 5.99. The topological polar surface area (TPSA) is 54.0 Å². The Morgan fingerprint density at radius 3 is 2.67 bits per heavy atom. The average Bonchev–Trinajstić information content (AvgIpc) is 3.08. The van der Waals surface area contributed by atoms with Crippen LogP contribution in [0.5, 0.6) is 11.5 Å². The maximum absolute atomic E-state index is 11.9. The summed E-state index contributed by atoms with van der Waals surface area (Å²) in [6.45, 7) is 4.78. The molecule has 6 nitrogen and oxygen atoms in total. The molecule has 0 aliphatic carbocycles. The van der Waals surface area contributed by atoms with E-state index in [1.165, 1.54) is 0 Å². The van der Waals surface area contributed by atoms with E-state index in [0.29, 0.717) is 12.3 Å². The lowest BCUT2D eigenvalue weighted by atomic mass is 9.92. The molecule has 2 heterocycles. The number of carbonyl (C=O) groups is 1. The number of likely N-dealkylation sites (N-methyl/N-ethyl adjacent to an activating group) is 1. The highest BCUT2D eigenvalue weighted by atomic mass is 35.5. The molecular weight excluding hydrogens is 366 g/mol. The highest BCUT2D eigenvalue weighted by Gasteiger charge is 2.22. The van der Waals surface area contributed by atoms with Gasteiger partial charge in [-0.1, -0.05) is 11.6 Å². The van der Waals surface area contributed by atoms with Crippen LogP contribution in [0, 0.1) is 5.92 Å². The van der Waals surface area contributed by atoms with Crippen molar-refractivity contribution in [3.8, 4) is 11.5 Å². The summed E-state index contributed by atoms with van der Waals surface area (Å²) in [5, 5.41) is 3.73. The fraction of sp³-hybridized carbons (Fsp3) is 0.650. The third-order valence-electron chi connectivity index (χ3n) is 5.30. The lowest BCUT2D eigenvalue weighted by molar-refractivity contribution is -0.121. The number of nitrogens with one attached hydrogen (secondary N) is 1. The number of hydrogen-bond donors (Lipinski definition) is 1. The second-order valence-corrected chi connectivity index (χ2v) is 8.12. The van der Waals surface area contributed by atoms with Gasteiger partial charge >= 0.3 is 0 Å². The quantitative estimate of drug-likeness (QED) is 0.733. The number of rotatable bonds is 8. The highest BCUT2D eigenvalue weighted by Crippen LogP contribution is 2.37. The first-order valence-corrected chi connectivity index (χ1v) is 10.1. The second kappa shape index (κ2) is 9.62. The van der Waals surface area contributed by atoms with E-state index in [9.17, 15) is 4.79 Å². The largest absolute Gasteiger partial charge is 0.454 e. The van der Waals surface area contributed by atoms with E-state index in [1.54, 1.807) is 0 Å². The predicted octanol–water partition coefficient (Wildman–Crippen LogP) is 2.74. The molecule has 0 saturated carbocycles. The first kappa shape index (κ1) is 20.2. The molecule has 1 N–H and O–H groups in total. The maximum Gasteiger partial charge on any atom is 0.231 e. The van der Waals surface area contributed by atoms with Crippen molar-refractivity contribution in [3.05, 3.63) is 22.7 Å². The van der Waals surface area contributed by atoms with Gasteiger partial charge in [0.2, 0.25) is 12.7 Å². The van der Waals surface area contributed by atoms with E-state index in [1.807, 2.05) is 26.2 Å². The second-order valence-electron chi connectivity index (χ2n) is 7.71. The molecule has 3 rings (SSSR count). The van der Waals surface area contributed by atoms with E-state index in [2.05, 4.69) is 15.1 Å². The Labute approximate surface area is 166 Å². The fourth-order valence-corrected chi connectivity index (χ4v) is 3.81. The summed E-state index contributed by atoms with van der Waals surface area (Å²) in [6, 6.07) is 3.84. The molecule has 2 aliphatic rings. The highest BCUT2D eigenvalue weighted by molar-refractivity contribution is 6.31. The van der Waals surface area contributed by atoms with Gasteiger partial charge in [0.1, 0.15) is 0 Å². The summed E-state index contributed by atoms with van der Waals surface area (Å²) in [6.07, 6.45) is 3.87. The summed E-state index contributed by atoms with van der Waals surface area (Å²) >= 11 is 6.39. The number of nitrogens with zero attached hydrogens (tertiary/aromatic N) is 2. The van der Waals surface area contributed by atoms with Gasteiger partial charge in [-0.3, -0.25) is 9.69 Å². The van der Waals surface area contributed by atoms with Crippen LogP contribution in [0.2, 0.25) is 5.02 Å². The number of ether oxygens (including phenoxy) is 2. The zero-order chi connectivity index (χ0) is 19.2. The smallest absolute Gasteiger partial charge is 0.231 e. The van der Waals surface area contributed by atoms with Gasteiger partial charge in [-0.05, 0) is 64.0 Å². The van der Waals surface area contributed by atoms with Gasteiger partial charge in [0, 0.05) is 37.1 Å². The van der Waals surface area contributed by atoms with Crippen LogP contribution in [0.3, 0.4) is 0 Å². The minimum atomic E-state index is 0.173. The Hall–Kier alpha value is -1.50. The molecule has 1 aromatic rings. The first-order valence-electron chi connectivity index (χ1n) is 9.73. The number of carbonyl (C=O) groups excluding carboxylic acids is 1. The zero-order valence-electron chi connectivity index (χ0n) is 16.3. The first-order chi connectivity index (χ1) is 13.0. The van der Waals surface area contributed by atoms with Crippen LogP contribution in [0.15, 0.2) is 12.1 Å². The summed E-state index contributed by atoms with van der Waals surface area (Å²) in [7, 11) is 4.02. The number of hydrogen-bond acceptors (Lipinski definition) is 5. The molecule has 2 aliphatic heterocycles. The van der Waals surface area contributed by atoms with Crippen LogP contribution in [0.4, 0.5) is 0 Å². The SMILES string of the molecule is CN(C)CCNC(=O)CCC1CCN(Cc2cc3c(cc2Cl)OCO3)CC1. The van der Waals surface area contributed by atoms with Crippen molar-refractivity contribution in [3.63, 3.8) is 0 Å². The molecule has 0 atom stereocenters. The molecule has 7 heteroatoms. The summed E-state index contributed by atoms with van der Waals surface area (Å²) in [4.78, 5) is 16.4. The molecule has 0 unspecified atom stereocenters. The van der Waals surface area contributed by atoms with Gasteiger partial charge in [0.25, 0.3) is 0 Å². The minimum absolute atomic E-state index is 0.173. The normalized spacial score (nSPS) is 17.5. The number of benzene rings is 1. The molecular formula is C20H30ClN3O3. The lowest BCUT2D eigenvalue weighted by Gasteiger charge is -2.32. The van der Waals surface area contributed by atoms with E-state index < -0.39 is 0 Å². The molecule has 0 bridgehead atoms. The summed E-state index contributed by atoms with van der Waals surface area (Å²) < 4.78 is 10.8. The number of piperidine rings is 1. The average molecular weight is 396 g/mol. The van der Waals surface area contributed by atoms with E-state index >= 15 is 0 Å². The van der Waals surface area contributed by atoms with Gasteiger partial charge in [-0.25, -0.2) is 0 Å². The van der Waals surface area contributed by atoms with Crippen molar-refractivity contribution in [2.75, 3.05) is 47.1 Å². The summed E-state index contributed by atoms with van der Waals surface area (Å²) in [5.41, 5.74) is 1.08. The molecule has 1 fully saturated rings. The zero-order valence-corrected chi connectivity index (χ0v) is 17.1. The van der Waals surface area contributed by atoms with Crippen LogP contribution in [-0.4, -0.2) is 62.8 Å². The molecule has 1 amide bonds. The molecule has 150 valence electrons. The fourth-order valence-electron chi connectivity index (χ4n) is 3.60. The standard InChI is InChI=1S/C20H30ClN3O3/c1-23(2)10-7-22-20(25)4-3-15-5-8-24(9-6-15)13-16-11-18-19(12-17(16)21)27-14-26-18/h11-12,15H,3-10,13-14H2,1-2H3,(H,22,25). The maximum atomic E-state index is 11.9. The van der Waals surface area contributed by atoms with Crippen LogP contribution in [0.25, 0.3) is 0 Å². The van der Waals surface area contributed by atoms with E-state index in [4.69, 9.17) is 21.1 Å². The van der Waals surface area contributed by atoms with Crippen molar-refractivity contribution in [1.82, 2.24) is 15.1 Å². The van der Waals surface area contributed by atoms with Crippen LogP contribution < -0.4 is 14.8 Å². The van der Waals surface area contributed by atoms with Gasteiger partial charge < -0.3 is 19.7 Å². The van der Waals surface area contributed by atoms with Crippen LogP contribution in [0.1, 0.15) is 31.2 Å². The van der Waals surface area contributed by atoms with Crippen molar-refractivity contribution < 1.29 is 14.3 Å². The molecule has 0 aromatic heterocycles. The van der Waals surface area contributed by atoms with Crippen molar-refractivity contribution in [2.45, 2.75) is 32.2 Å². The molecule has 0 radical (unpaired) electrons. The Balaban J connectivity index is 1.37. The van der Waals surface area contributed by atoms with Crippen LogP contribution >= 0.6 is 11.6 Å². The number of likely N-dealkylation sites (tertiary alicyclic amines) is 1. The molecule has 27 heavy (non-hydrogen) atoms. The van der Waals surface area contributed by atoms with Gasteiger partial charge in [0.15, 0.2) is 11.5 Å². The number of halogens is 1. The number of amides is 1. The molecule has 0 spiro atoms. The number of fused-ring (bicyclic) bond motifs is 1. The lowest BCUT2D eigenvalue weighted by Crippen LogP contribution is -2.34. The third-order valence-corrected chi connectivity index (χ3v) is 5.66. The Bertz CT molecular complexity index is 646. The van der Waals surface area contributed by atoms with Crippen molar-refractivity contribution in [1.29, 1.82) is 0 Å². The molecule has 1 saturated heterocycles. The van der Waals surface area contributed by atoms with Crippen molar-refractivity contribution in [2.24, 2.45) is 5.92 Å².